The zero-order chi connectivity index (χ0) is 11.5. The van der Waals surface area contributed by atoms with Crippen LogP contribution < -0.4 is 4.74 Å². The maximum atomic E-state index is 11.9. The van der Waals surface area contributed by atoms with Crippen LogP contribution in [0.5, 0.6) is 5.75 Å². The molecular weight excluding hydrogens is 213 g/mol. The lowest BCUT2D eigenvalue weighted by atomic mass is 10.1. The number of alkyl halides is 3. The number of carbonyl (C=O) groups excluding carboxylic acids is 1. The van der Waals surface area contributed by atoms with Gasteiger partial charge >= 0.3 is 12.3 Å². The molecule has 0 atom stereocenters. The maximum Gasteiger partial charge on any atom is 0.573 e. The van der Waals surface area contributed by atoms with Gasteiger partial charge in [-0.3, -0.25) is 0 Å². The van der Waals surface area contributed by atoms with Crippen LogP contribution in [0.4, 0.5) is 13.2 Å². The van der Waals surface area contributed by atoms with Crippen LogP contribution in [0.3, 0.4) is 0 Å². The van der Waals surface area contributed by atoms with E-state index in [-0.39, 0.29) is 5.56 Å². The molecule has 0 saturated heterocycles. The van der Waals surface area contributed by atoms with E-state index in [4.69, 9.17) is 0 Å². The minimum absolute atomic E-state index is 0.0742. The number of rotatable bonds is 3. The summed E-state index contributed by atoms with van der Waals surface area (Å²) in [7, 11) is 0. The third kappa shape index (κ3) is 3.88. The molecule has 0 aliphatic rings. The number of benzene rings is 1. The Hall–Kier alpha value is -1.72. The number of para-hydroxylation sites is 1. The second-order valence-electron chi connectivity index (χ2n) is 2.70. The van der Waals surface area contributed by atoms with E-state index in [0.29, 0.717) is 0 Å². The molecule has 0 amide bonds. The van der Waals surface area contributed by atoms with Crippen molar-refractivity contribution in [2.45, 2.75) is 12.8 Å². The van der Waals surface area contributed by atoms with Crippen molar-refractivity contribution >= 4 is 5.97 Å². The Labute approximate surface area is 83.1 Å². The first-order chi connectivity index (χ1) is 6.88. The summed E-state index contributed by atoms with van der Waals surface area (Å²) in [5, 5.41) is 10.2. The van der Waals surface area contributed by atoms with Gasteiger partial charge in [-0.25, -0.2) is 9.90 Å². The molecule has 0 saturated carbocycles. The standard InChI is InChI=1S/C9H6F3O3/c10-9(11,12)15-7-4-2-1-3-6(7)5-8(13)14/h1-4H,5H2. The van der Waals surface area contributed by atoms with Crippen LogP contribution in [-0.2, 0) is 16.3 Å². The smallest absolute Gasteiger partial charge is 0.405 e. The minimum atomic E-state index is -4.83. The third-order valence-corrected chi connectivity index (χ3v) is 1.53. The van der Waals surface area contributed by atoms with E-state index in [1.165, 1.54) is 18.2 Å². The molecule has 1 rings (SSSR count). The van der Waals surface area contributed by atoms with Gasteiger partial charge in [0.2, 0.25) is 0 Å². The topological polar surface area (TPSA) is 46.2 Å². The molecule has 1 aromatic carbocycles. The first-order valence-electron chi connectivity index (χ1n) is 3.92. The van der Waals surface area contributed by atoms with Crippen molar-refractivity contribution in [1.29, 1.82) is 0 Å². The van der Waals surface area contributed by atoms with Gasteiger partial charge in [0.25, 0.3) is 0 Å². The van der Waals surface area contributed by atoms with Gasteiger partial charge in [-0.2, -0.15) is 0 Å². The molecule has 81 valence electrons. The van der Waals surface area contributed by atoms with Crippen LogP contribution >= 0.6 is 0 Å². The highest BCUT2D eigenvalue weighted by atomic mass is 19.4. The van der Waals surface area contributed by atoms with Gasteiger partial charge < -0.3 is 4.74 Å². The quantitative estimate of drug-likeness (QED) is 0.781. The minimum Gasteiger partial charge on any atom is -0.405 e. The molecule has 0 bridgehead atoms. The van der Waals surface area contributed by atoms with Crippen molar-refractivity contribution in [2.24, 2.45) is 0 Å². The fraction of sp³-hybridized carbons (Fsp3) is 0.222. The van der Waals surface area contributed by atoms with E-state index in [1.54, 1.807) is 0 Å². The normalized spacial score (nSPS) is 11.1. The van der Waals surface area contributed by atoms with Crippen LogP contribution in [0.15, 0.2) is 24.3 Å². The Kier molecular flexibility index (Phi) is 3.18. The van der Waals surface area contributed by atoms with Crippen molar-refractivity contribution in [3.63, 3.8) is 0 Å². The van der Waals surface area contributed by atoms with Crippen molar-refractivity contribution in [3.05, 3.63) is 29.8 Å². The van der Waals surface area contributed by atoms with Crippen LogP contribution in [0.25, 0.3) is 0 Å². The average Bonchev–Trinajstić information content (AvgIpc) is 2.05. The van der Waals surface area contributed by atoms with Gasteiger partial charge in [-0.15, -0.1) is 13.2 Å². The van der Waals surface area contributed by atoms with Gasteiger partial charge in [-0.1, -0.05) is 18.2 Å². The lowest BCUT2D eigenvalue weighted by Crippen LogP contribution is -2.18. The molecule has 0 unspecified atom stereocenters. The lowest BCUT2D eigenvalue weighted by Gasteiger charge is -2.11. The summed E-state index contributed by atoms with van der Waals surface area (Å²) in [5.41, 5.74) is -0.0742. The van der Waals surface area contributed by atoms with Gasteiger partial charge in [0.15, 0.2) is 0 Å². The molecule has 1 radical (unpaired) electrons. The van der Waals surface area contributed by atoms with Crippen molar-refractivity contribution in [1.82, 2.24) is 0 Å². The van der Waals surface area contributed by atoms with Gasteiger partial charge in [0, 0.05) is 5.56 Å². The van der Waals surface area contributed by atoms with Crippen LogP contribution in [0.1, 0.15) is 5.56 Å². The zero-order valence-electron chi connectivity index (χ0n) is 7.38. The number of halogens is 3. The Morgan fingerprint density at radius 3 is 2.40 bits per heavy atom. The number of carbonyl (C=O) groups is 1. The fourth-order valence-electron chi connectivity index (χ4n) is 1.03. The summed E-state index contributed by atoms with van der Waals surface area (Å²) >= 11 is 0. The first-order valence-corrected chi connectivity index (χ1v) is 3.92. The molecule has 15 heavy (non-hydrogen) atoms. The predicted octanol–water partition coefficient (Wildman–Crippen LogP) is 2.08. The molecule has 1 aromatic rings. The Morgan fingerprint density at radius 2 is 1.87 bits per heavy atom. The predicted molar refractivity (Wildman–Crippen MR) is 42.5 cm³/mol. The molecular formula is C9H6F3O3. The summed E-state index contributed by atoms with van der Waals surface area (Å²) in [6.07, 6.45) is -5.45. The van der Waals surface area contributed by atoms with E-state index in [9.17, 15) is 23.1 Å². The van der Waals surface area contributed by atoms with E-state index in [1.807, 2.05) is 0 Å². The lowest BCUT2D eigenvalue weighted by molar-refractivity contribution is -0.274. The zero-order valence-corrected chi connectivity index (χ0v) is 7.38. The largest absolute Gasteiger partial charge is 0.573 e. The highest BCUT2D eigenvalue weighted by Crippen LogP contribution is 2.26. The molecule has 0 aliphatic carbocycles. The van der Waals surface area contributed by atoms with Gasteiger partial charge in [0.05, 0.1) is 6.42 Å². The summed E-state index contributed by atoms with van der Waals surface area (Å²) in [5.74, 6) is -1.98. The molecule has 0 spiro atoms. The summed E-state index contributed by atoms with van der Waals surface area (Å²) < 4.78 is 39.3. The average molecular weight is 219 g/mol. The summed E-state index contributed by atoms with van der Waals surface area (Å²) in [6.45, 7) is 0. The Morgan fingerprint density at radius 1 is 1.27 bits per heavy atom. The maximum absolute atomic E-state index is 11.9. The Balaban J connectivity index is 2.91. The highest BCUT2D eigenvalue weighted by molar-refractivity contribution is 5.70. The van der Waals surface area contributed by atoms with Crippen LogP contribution in [0.2, 0.25) is 0 Å². The van der Waals surface area contributed by atoms with Crippen LogP contribution in [-0.4, -0.2) is 12.3 Å². The Bertz CT molecular complexity index is 360. The number of hydrogen-bond donors (Lipinski definition) is 0. The number of hydrogen-bond acceptors (Lipinski definition) is 2. The highest BCUT2D eigenvalue weighted by Gasteiger charge is 2.32. The molecule has 6 heteroatoms. The molecule has 0 N–H and O–H groups in total. The van der Waals surface area contributed by atoms with E-state index >= 15 is 0 Å². The van der Waals surface area contributed by atoms with Gasteiger partial charge in [-0.05, 0) is 6.07 Å². The first kappa shape index (κ1) is 11.4. The molecule has 3 nitrogen and oxygen atoms in total. The molecule has 0 heterocycles. The third-order valence-electron chi connectivity index (χ3n) is 1.53. The van der Waals surface area contributed by atoms with E-state index in [0.717, 1.165) is 6.07 Å². The monoisotopic (exact) mass is 219 g/mol. The van der Waals surface area contributed by atoms with Crippen molar-refractivity contribution in [3.8, 4) is 5.75 Å². The van der Waals surface area contributed by atoms with E-state index in [2.05, 4.69) is 4.74 Å². The van der Waals surface area contributed by atoms with Gasteiger partial charge in [0.1, 0.15) is 5.75 Å². The summed E-state index contributed by atoms with van der Waals surface area (Å²) in [4.78, 5) is 10.2. The molecule has 0 aliphatic heterocycles. The second-order valence-corrected chi connectivity index (χ2v) is 2.70. The SMILES string of the molecule is [O]C(=O)Cc1ccccc1OC(F)(F)F. The van der Waals surface area contributed by atoms with Crippen molar-refractivity contribution < 1.29 is 27.8 Å². The molecule has 0 fully saturated rings. The van der Waals surface area contributed by atoms with Crippen molar-refractivity contribution in [2.75, 3.05) is 0 Å². The second kappa shape index (κ2) is 4.20. The number of ether oxygens (including phenoxy) is 1. The fourth-order valence-corrected chi connectivity index (χ4v) is 1.03. The summed E-state index contributed by atoms with van der Waals surface area (Å²) in [6, 6.07) is 5.02. The van der Waals surface area contributed by atoms with Crippen LogP contribution in [0, 0.1) is 0 Å². The molecule has 0 aromatic heterocycles. The van der Waals surface area contributed by atoms with E-state index < -0.39 is 24.5 Å².